The van der Waals surface area contributed by atoms with E-state index in [1.54, 1.807) is 18.6 Å². The highest BCUT2D eigenvalue weighted by atomic mass is 16.4. The summed E-state index contributed by atoms with van der Waals surface area (Å²) >= 11 is 0. The smallest absolute Gasteiger partial charge is 0.0641 e. The summed E-state index contributed by atoms with van der Waals surface area (Å²) in [7, 11) is 0. The van der Waals surface area contributed by atoms with Crippen LogP contribution in [0.5, 0.6) is 0 Å². The lowest BCUT2D eigenvalue weighted by molar-refractivity contribution is 0.320. The molecular formula is C6H7N3O. The Bertz CT molecular complexity index is 209. The molecule has 1 aromatic rings. The molecule has 0 fully saturated rings. The van der Waals surface area contributed by atoms with Crippen molar-refractivity contribution in [2.24, 2.45) is 5.16 Å². The van der Waals surface area contributed by atoms with Gasteiger partial charge in [-0.2, -0.15) is 0 Å². The summed E-state index contributed by atoms with van der Waals surface area (Å²) < 4.78 is 0. The van der Waals surface area contributed by atoms with E-state index in [0.29, 0.717) is 6.42 Å². The molecule has 52 valence electrons. The quantitative estimate of drug-likeness (QED) is 0.366. The lowest BCUT2D eigenvalue weighted by Gasteiger charge is -1.89. The molecule has 0 spiro atoms. The molecule has 0 atom stereocenters. The first-order valence-corrected chi connectivity index (χ1v) is 2.84. The SMILES string of the molecule is O/N=C/Cc1cnccn1. The highest BCUT2D eigenvalue weighted by molar-refractivity contribution is 5.59. The Labute approximate surface area is 58.2 Å². The van der Waals surface area contributed by atoms with Crippen LogP contribution in [0.2, 0.25) is 0 Å². The zero-order valence-electron chi connectivity index (χ0n) is 5.31. The zero-order valence-corrected chi connectivity index (χ0v) is 5.31. The molecule has 0 unspecified atom stereocenters. The Morgan fingerprint density at radius 3 is 3.10 bits per heavy atom. The lowest BCUT2D eigenvalue weighted by atomic mass is 10.3. The second-order valence-corrected chi connectivity index (χ2v) is 1.70. The van der Waals surface area contributed by atoms with E-state index in [1.807, 2.05) is 0 Å². The molecule has 1 heterocycles. The van der Waals surface area contributed by atoms with Crippen LogP contribution in [0.3, 0.4) is 0 Å². The van der Waals surface area contributed by atoms with Gasteiger partial charge in [0.15, 0.2) is 0 Å². The maximum Gasteiger partial charge on any atom is 0.0641 e. The van der Waals surface area contributed by atoms with Gasteiger partial charge in [-0.25, -0.2) is 0 Å². The molecule has 0 radical (unpaired) electrons. The molecule has 4 heteroatoms. The van der Waals surface area contributed by atoms with Crippen molar-refractivity contribution in [1.29, 1.82) is 0 Å². The standard InChI is InChI=1S/C6H7N3O/c10-9-2-1-6-5-7-3-4-8-6/h2-5,10H,1H2/b9-2+. The van der Waals surface area contributed by atoms with Gasteiger partial charge < -0.3 is 5.21 Å². The predicted octanol–water partition coefficient (Wildman–Crippen LogP) is 0.479. The second-order valence-electron chi connectivity index (χ2n) is 1.70. The molecule has 0 amide bonds. The molecule has 0 aliphatic heterocycles. The van der Waals surface area contributed by atoms with Crippen molar-refractivity contribution in [3.8, 4) is 0 Å². The maximum absolute atomic E-state index is 8.05. The first-order valence-electron chi connectivity index (χ1n) is 2.84. The van der Waals surface area contributed by atoms with Crippen molar-refractivity contribution in [3.05, 3.63) is 24.3 Å². The minimum atomic E-state index is 0.518. The van der Waals surface area contributed by atoms with Gasteiger partial charge in [0.05, 0.1) is 5.69 Å². The monoisotopic (exact) mass is 137 g/mol. The fraction of sp³-hybridized carbons (Fsp3) is 0.167. The predicted molar refractivity (Wildman–Crippen MR) is 36.0 cm³/mol. The summed E-state index contributed by atoms with van der Waals surface area (Å²) in [5.41, 5.74) is 0.792. The van der Waals surface area contributed by atoms with E-state index >= 15 is 0 Å². The first kappa shape index (κ1) is 6.67. The summed E-state index contributed by atoms with van der Waals surface area (Å²) in [6.45, 7) is 0. The number of hydrogen-bond acceptors (Lipinski definition) is 4. The van der Waals surface area contributed by atoms with Crippen LogP contribution in [0.4, 0.5) is 0 Å². The van der Waals surface area contributed by atoms with Gasteiger partial charge in [0.1, 0.15) is 0 Å². The van der Waals surface area contributed by atoms with Crippen LogP contribution >= 0.6 is 0 Å². The molecule has 0 aromatic carbocycles. The van der Waals surface area contributed by atoms with Crippen LogP contribution in [0.25, 0.3) is 0 Å². The summed E-state index contributed by atoms with van der Waals surface area (Å²) in [6.07, 6.45) is 6.70. The van der Waals surface area contributed by atoms with Crippen molar-refractivity contribution in [2.45, 2.75) is 6.42 Å². The van der Waals surface area contributed by atoms with Crippen molar-refractivity contribution in [2.75, 3.05) is 0 Å². The van der Waals surface area contributed by atoms with Gasteiger partial charge >= 0.3 is 0 Å². The highest BCUT2D eigenvalue weighted by Gasteiger charge is 1.87. The van der Waals surface area contributed by atoms with E-state index in [1.165, 1.54) is 6.21 Å². The first-order chi connectivity index (χ1) is 4.93. The molecule has 0 bridgehead atoms. The fourth-order valence-corrected chi connectivity index (χ4v) is 0.570. The molecule has 10 heavy (non-hydrogen) atoms. The van der Waals surface area contributed by atoms with E-state index in [0.717, 1.165) is 5.69 Å². The minimum absolute atomic E-state index is 0.518. The van der Waals surface area contributed by atoms with Crippen molar-refractivity contribution in [1.82, 2.24) is 9.97 Å². The van der Waals surface area contributed by atoms with Gasteiger partial charge in [0, 0.05) is 31.2 Å². The third-order valence-electron chi connectivity index (χ3n) is 0.999. The van der Waals surface area contributed by atoms with Crippen LogP contribution in [-0.4, -0.2) is 21.4 Å². The number of oxime groups is 1. The van der Waals surface area contributed by atoms with Gasteiger partial charge in [0.25, 0.3) is 0 Å². The third-order valence-corrected chi connectivity index (χ3v) is 0.999. The Morgan fingerprint density at radius 1 is 1.60 bits per heavy atom. The Morgan fingerprint density at radius 2 is 2.50 bits per heavy atom. The Kier molecular flexibility index (Phi) is 2.37. The van der Waals surface area contributed by atoms with E-state index in [4.69, 9.17) is 5.21 Å². The molecule has 1 rings (SSSR count). The second kappa shape index (κ2) is 3.55. The van der Waals surface area contributed by atoms with Crippen molar-refractivity contribution < 1.29 is 5.21 Å². The third kappa shape index (κ3) is 1.81. The Balaban J connectivity index is 2.59. The largest absolute Gasteiger partial charge is 0.411 e. The van der Waals surface area contributed by atoms with E-state index in [9.17, 15) is 0 Å². The van der Waals surface area contributed by atoms with Crippen LogP contribution < -0.4 is 0 Å². The van der Waals surface area contributed by atoms with Crippen LogP contribution in [0, 0.1) is 0 Å². The van der Waals surface area contributed by atoms with Crippen molar-refractivity contribution in [3.63, 3.8) is 0 Å². The van der Waals surface area contributed by atoms with Crippen LogP contribution in [0.1, 0.15) is 5.69 Å². The average Bonchev–Trinajstić information content (AvgIpc) is 2.03. The lowest BCUT2D eigenvalue weighted by Crippen LogP contribution is -1.90. The van der Waals surface area contributed by atoms with Gasteiger partial charge in [-0.05, 0) is 0 Å². The molecule has 0 saturated heterocycles. The van der Waals surface area contributed by atoms with Crippen LogP contribution in [-0.2, 0) is 6.42 Å². The summed E-state index contributed by atoms with van der Waals surface area (Å²) in [4.78, 5) is 7.78. The topological polar surface area (TPSA) is 58.4 Å². The van der Waals surface area contributed by atoms with E-state index in [2.05, 4.69) is 15.1 Å². The normalized spacial score (nSPS) is 10.4. The molecule has 1 N–H and O–H groups in total. The number of hydrogen-bond donors (Lipinski definition) is 1. The molecule has 0 aliphatic carbocycles. The number of aromatic nitrogens is 2. The van der Waals surface area contributed by atoms with E-state index in [-0.39, 0.29) is 0 Å². The summed E-state index contributed by atoms with van der Waals surface area (Å²) in [5, 5.41) is 10.9. The summed E-state index contributed by atoms with van der Waals surface area (Å²) in [5.74, 6) is 0. The van der Waals surface area contributed by atoms with Gasteiger partial charge in [0.2, 0.25) is 0 Å². The molecule has 0 aliphatic rings. The number of nitrogens with zero attached hydrogens (tertiary/aromatic N) is 3. The number of rotatable bonds is 2. The van der Waals surface area contributed by atoms with Gasteiger partial charge in [-0.1, -0.05) is 0 Å². The summed E-state index contributed by atoms with van der Waals surface area (Å²) in [6, 6.07) is 0. The van der Waals surface area contributed by atoms with E-state index < -0.39 is 0 Å². The fourth-order valence-electron chi connectivity index (χ4n) is 0.570. The zero-order chi connectivity index (χ0) is 7.23. The van der Waals surface area contributed by atoms with Gasteiger partial charge in [-0.15, -0.1) is 5.16 Å². The molecule has 4 nitrogen and oxygen atoms in total. The molecule has 1 aromatic heterocycles. The van der Waals surface area contributed by atoms with Crippen LogP contribution in [0.15, 0.2) is 23.7 Å². The molecular weight excluding hydrogens is 130 g/mol. The van der Waals surface area contributed by atoms with Gasteiger partial charge in [-0.3, -0.25) is 9.97 Å². The maximum atomic E-state index is 8.05. The van der Waals surface area contributed by atoms with Crippen molar-refractivity contribution >= 4 is 6.21 Å². The average molecular weight is 137 g/mol. The Hall–Kier alpha value is -1.45. The minimum Gasteiger partial charge on any atom is -0.411 e. The molecule has 0 saturated carbocycles. The highest BCUT2D eigenvalue weighted by Crippen LogP contribution is 1.87.